The Morgan fingerprint density at radius 2 is 1.85 bits per heavy atom. The van der Waals surface area contributed by atoms with Gasteiger partial charge < -0.3 is 4.74 Å². The quantitative estimate of drug-likeness (QED) is 0.646. The summed E-state index contributed by atoms with van der Waals surface area (Å²) >= 11 is 3.68. The summed E-state index contributed by atoms with van der Waals surface area (Å²) in [5.41, 5.74) is 3.18. The molecule has 20 heavy (non-hydrogen) atoms. The molecule has 1 fully saturated rings. The first kappa shape index (κ1) is 15.9. The number of benzene rings is 1. The van der Waals surface area contributed by atoms with Crippen LogP contribution in [-0.2, 0) is 5.41 Å². The van der Waals surface area contributed by atoms with E-state index in [2.05, 4.69) is 61.8 Å². The zero-order chi connectivity index (χ0) is 14.8. The number of hydrogen-bond donors (Lipinski definition) is 0. The normalized spacial score (nSPS) is 18.2. The summed E-state index contributed by atoms with van der Waals surface area (Å²) in [5.74, 6) is 1.05. The molecule has 2 rings (SSSR count). The van der Waals surface area contributed by atoms with Gasteiger partial charge >= 0.3 is 0 Å². The lowest BCUT2D eigenvalue weighted by molar-refractivity contribution is 0.173. The van der Waals surface area contributed by atoms with Gasteiger partial charge in [0.25, 0.3) is 0 Å². The van der Waals surface area contributed by atoms with E-state index in [1.54, 1.807) is 0 Å². The molecule has 0 spiro atoms. The van der Waals surface area contributed by atoms with Crippen molar-refractivity contribution in [1.29, 1.82) is 0 Å². The van der Waals surface area contributed by atoms with Crippen LogP contribution >= 0.6 is 15.9 Å². The zero-order valence-electron chi connectivity index (χ0n) is 13.3. The maximum Gasteiger partial charge on any atom is 0.122 e. The van der Waals surface area contributed by atoms with E-state index in [1.807, 2.05) is 0 Å². The van der Waals surface area contributed by atoms with Crippen LogP contribution in [0, 0.1) is 12.3 Å². The van der Waals surface area contributed by atoms with Crippen LogP contribution in [0.4, 0.5) is 0 Å². The van der Waals surface area contributed by atoms with E-state index in [0.717, 1.165) is 17.7 Å². The highest BCUT2D eigenvalue weighted by molar-refractivity contribution is 9.09. The van der Waals surface area contributed by atoms with Crippen molar-refractivity contribution in [2.24, 2.45) is 5.41 Å². The molecule has 0 aliphatic heterocycles. The molecule has 0 aromatic heterocycles. The SMILES string of the molecule is Cc1cc(C(C)(C)C)ccc1OCC1(CBr)CCCC1. The number of ether oxygens (including phenoxy) is 1. The molecule has 1 aliphatic carbocycles. The van der Waals surface area contributed by atoms with E-state index >= 15 is 0 Å². The van der Waals surface area contributed by atoms with E-state index in [4.69, 9.17) is 4.74 Å². The fraction of sp³-hybridized carbons (Fsp3) is 0.667. The van der Waals surface area contributed by atoms with Crippen molar-refractivity contribution in [3.05, 3.63) is 29.3 Å². The van der Waals surface area contributed by atoms with Crippen LogP contribution in [-0.4, -0.2) is 11.9 Å². The van der Waals surface area contributed by atoms with Crippen molar-refractivity contribution in [2.45, 2.75) is 58.8 Å². The molecule has 0 N–H and O–H groups in total. The summed E-state index contributed by atoms with van der Waals surface area (Å²) in [6, 6.07) is 6.62. The Bertz CT molecular complexity index is 453. The number of halogens is 1. The minimum absolute atomic E-state index is 0.200. The van der Waals surface area contributed by atoms with E-state index in [-0.39, 0.29) is 5.41 Å². The molecule has 0 unspecified atom stereocenters. The van der Waals surface area contributed by atoms with Gasteiger partial charge in [0.05, 0.1) is 6.61 Å². The van der Waals surface area contributed by atoms with Gasteiger partial charge in [-0.2, -0.15) is 0 Å². The number of rotatable bonds is 4. The molecule has 0 radical (unpaired) electrons. The van der Waals surface area contributed by atoms with Gasteiger partial charge in [-0.3, -0.25) is 0 Å². The van der Waals surface area contributed by atoms with E-state index in [1.165, 1.54) is 36.8 Å². The lowest BCUT2D eigenvalue weighted by Crippen LogP contribution is -2.27. The van der Waals surface area contributed by atoms with Crippen molar-refractivity contribution in [3.63, 3.8) is 0 Å². The fourth-order valence-corrected chi connectivity index (χ4v) is 3.67. The molecule has 0 heterocycles. The summed E-state index contributed by atoms with van der Waals surface area (Å²) in [7, 11) is 0. The summed E-state index contributed by atoms with van der Waals surface area (Å²) < 4.78 is 6.15. The Hall–Kier alpha value is -0.500. The van der Waals surface area contributed by atoms with Crippen LogP contribution in [0.2, 0.25) is 0 Å². The van der Waals surface area contributed by atoms with Crippen LogP contribution in [0.15, 0.2) is 18.2 Å². The van der Waals surface area contributed by atoms with Crippen molar-refractivity contribution in [2.75, 3.05) is 11.9 Å². The Kier molecular flexibility index (Phi) is 4.84. The predicted molar refractivity (Wildman–Crippen MR) is 90.1 cm³/mol. The molecular weight excluding hydrogens is 312 g/mol. The highest BCUT2D eigenvalue weighted by atomic mass is 79.9. The van der Waals surface area contributed by atoms with Gasteiger partial charge in [0.2, 0.25) is 0 Å². The second kappa shape index (κ2) is 6.09. The first-order valence-electron chi connectivity index (χ1n) is 7.66. The van der Waals surface area contributed by atoms with Gasteiger partial charge in [0.1, 0.15) is 5.75 Å². The molecule has 0 saturated heterocycles. The maximum atomic E-state index is 6.15. The Labute approximate surface area is 132 Å². The molecule has 1 nitrogen and oxygen atoms in total. The molecule has 1 aliphatic rings. The van der Waals surface area contributed by atoms with Crippen LogP contribution in [0.1, 0.15) is 57.6 Å². The van der Waals surface area contributed by atoms with Gasteiger partial charge in [-0.1, -0.05) is 61.7 Å². The molecule has 1 aromatic rings. The van der Waals surface area contributed by atoms with Gasteiger partial charge in [0, 0.05) is 10.7 Å². The van der Waals surface area contributed by atoms with Crippen molar-refractivity contribution in [3.8, 4) is 5.75 Å². The third-order valence-electron chi connectivity index (χ3n) is 4.52. The smallest absolute Gasteiger partial charge is 0.122 e. The van der Waals surface area contributed by atoms with E-state index in [0.29, 0.717) is 5.41 Å². The Morgan fingerprint density at radius 1 is 1.20 bits per heavy atom. The average Bonchev–Trinajstić information content (AvgIpc) is 2.85. The minimum atomic E-state index is 0.200. The average molecular weight is 339 g/mol. The monoisotopic (exact) mass is 338 g/mol. The molecule has 0 bridgehead atoms. The number of aryl methyl sites for hydroxylation is 1. The summed E-state index contributed by atoms with van der Waals surface area (Å²) in [5, 5.41) is 1.05. The summed E-state index contributed by atoms with van der Waals surface area (Å²) in [6.07, 6.45) is 5.27. The third-order valence-corrected chi connectivity index (χ3v) is 5.71. The second-order valence-corrected chi connectivity index (χ2v) is 7.92. The molecule has 1 aromatic carbocycles. The summed E-state index contributed by atoms with van der Waals surface area (Å²) in [4.78, 5) is 0. The maximum absolute atomic E-state index is 6.15. The third kappa shape index (κ3) is 3.58. The minimum Gasteiger partial charge on any atom is -0.493 e. The van der Waals surface area contributed by atoms with E-state index in [9.17, 15) is 0 Å². The van der Waals surface area contributed by atoms with Crippen LogP contribution in [0.25, 0.3) is 0 Å². The zero-order valence-corrected chi connectivity index (χ0v) is 14.8. The lowest BCUT2D eigenvalue weighted by Gasteiger charge is -2.27. The predicted octanol–water partition coefficient (Wildman–Crippen LogP) is 5.63. The van der Waals surface area contributed by atoms with E-state index < -0.39 is 0 Å². The highest BCUT2D eigenvalue weighted by Crippen LogP contribution is 2.40. The topological polar surface area (TPSA) is 9.23 Å². The van der Waals surface area contributed by atoms with Crippen molar-refractivity contribution in [1.82, 2.24) is 0 Å². The van der Waals surface area contributed by atoms with Crippen molar-refractivity contribution >= 4 is 15.9 Å². The molecule has 0 amide bonds. The Morgan fingerprint density at radius 3 is 2.35 bits per heavy atom. The Balaban J connectivity index is 2.07. The first-order chi connectivity index (χ1) is 9.36. The number of alkyl halides is 1. The second-order valence-electron chi connectivity index (χ2n) is 7.36. The highest BCUT2D eigenvalue weighted by Gasteiger charge is 2.33. The molecular formula is C18H27BrO. The van der Waals surface area contributed by atoms with Crippen LogP contribution in [0.3, 0.4) is 0 Å². The first-order valence-corrected chi connectivity index (χ1v) is 8.78. The van der Waals surface area contributed by atoms with Crippen LogP contribution < -0.4 is 4.74 Å². The lowest BCUT2D eigenvalue weighted by atomic mass is 9.86. The van der Waals surface area contributed by atoms with Gasteiger partial charge in [-0.25, -0.2) is 0 Å². The van der Waals surface area contributed by atoms with Crippen LogP contribution in [0.5, 0.6) is 5.75 Å². The van der Waals surface area contributed by atoms with Gasteiger partial charge in [0.15, 0.2) is 0 Å². The standard InChI is InChI=1S/C18H27BrO/c1-14-11-15(17(2,3)4)7-8-16(14)20-13-18(12-19)9-5-6-10-18/h7-8,11H,5-6,9-10,12-13H2,1-4H3. The molecule has 2 heteroatoms. The molecule has 112 valence electrons. The fourth-order valence-electron chi connectivity index (χ4n) is 2.95. The number of hydrogen-bond acceptors (Lipinski definition) is 1. The van der Waals surface area contributed by atoms with Gasteiger partial charge in [-0.05, 0) is 42.4 Å². The molecule has 1 saturated carbocycles. The van der Waals surface area contributed by atoms with Crippen molar-refractivity contribution < 1.29 is 4.74 Å². The van der Waals surface area contributed by atoms with Gasteiger partial charge in [-0.15, -0.1) is 0 Å². The summed E-state index contributed by atoms with van der Waals surface area (Å²) in [6.45, 7) is 9.75. The largest absolute Gasteiger partial charge is 0.493 e. The molecule has 0 atom stereocenters.